The number of carbonyl (C=O) groups excluding carboxylic acids is 1. The molecule has 4 nitrogen and oxygen atoms in total. The lowest BCUT2D eigenvalue weighted by Crippen LogP contribution is -2.31. The van der Waals surface area contributed by atoms with Gasteiger partial charge in [-0.05, 0) is 29.5 Å². The van der Waals surface area contributed by atoms with Crippen LogP contribution in [0.25, 0.3) is 0 Å². The Kier molecular flexibility index (Phi) is 4.42. The number of carboxylic acid groups (broad SMARTS) is 1. The number of aliphatic carboxylic acids is 1. The minimum atomic E-state index is -0.920. The topological polar surface area (TPSA) is 57.6 Å². The van der Waals surface area contributed by atoms with Crippen LogP contribution in [0.3, 0.4) is 0 Å². The first kappa shape index (κ1) is 17.6. The zero-order valence-electron chi connectivity index (χ0n) is 14.5. The molecule has 0 radical (unpaired) electrons. The Labute approximate surface area is 155 Å². The van der Waals surface area contributed by atoms with Crippen molar-refractivity contribution in [3.63, 3.8) is 0 Å². The summed E-state index contributed by atoms with van der Waals surface area (Å²) in [6.07, 6.45) is 0.506. The van der Waals surface area contributed by atoms with Gasteiger partial charge >= 0.3 is 5.97 Å². The van der Waals surface area contributed by atoms with E-state index < -0.39 is 23.5 Å². The van der Waals surface area contributed by atoms with Crippen LogP contribution >= 0.6 is 0 Å². The fraction of sp³-hybridized carbons (Fsp3) is 0.333. The first-order valence-electron chi connectivity index (χ1n) is 8.97. The number of likely N-dealkylation sites (tertiary alicyclic amines) is 1. The predicted molar refractivity (Wildman–Crippen MR) is 94.1 cm³/mol. The van der Waals surface area contributed by atoms with Gasteiger partial charge in [-0.3, -0.25) is 9.59 Å². The van der Waals surface area contributed by atoms with Crippen LogP contribution in [0.2, 0.25) is 0 Å². The number of nitrogens with zero attached hydrogens (tertiary/aromatic N) is 1. The summed E-state index contributed by atoms with van der Waals surface area (Å²) < 4.78 is 27.0. The molecule has 4 atom stereocenters. The van der Waals surface area contributed by atoms with Crippen molar-refractivity contribution in [1.82, 2.24) is 4.90 Å². The van der Waals surface area contributed by atoms with Gasteiger partial charge in [-0.1, -0.05) is 36.4 Å². The monoisotopic (exact) mass is 371 g/mol. The van der Waals surface area contributed by atoms with Gasteiger partial charge < -0.3 is 10.0 Å². The van der Waals surface area contributed by atoms with E-state index in [1.54, 1.807) is 4.90 Å². The normalized spacial score (nSPS) is 26.8. The lowest BCUT2D eigenvalue weighted by molar-refractivity contribution is -0.142. The zero-order chi connectivity index (χ0) is 19.1. The molecule has 2 aromatic carbocycles. The third kappa shape index (κ3) is 3.31. The molecule has 0 bridgehead atoms. The summed E-state index contributed by atoms with van der Waals surface area (Å²) in [6.45, 7) is 0.498. The number of carboxylic acids is 1. The first-order valence-corrected chi connectivity index (χ1v) is 8.97. The van der Waals surface area contributed by atoms with Gasteiger partial charge in [0.15, 0.2) is 0 Å². The molecule has 2 aliphatic rings. The number of carbonyl (C=O) groups is 2. The molecule has 0 spiro atoms. The molecule has 140 valence electrons. The Bertz CT molecular complexity index is 886. The van der Waals surface area contributed by atoms with Gasteiger partial charge in [0, 0.05) is 31.0 Å². The van der Waals surface area contributed by atoms with Crippen LogP contribution in [0, 0.1) is 23.5 Å². The van der Waals surface area contributed by atoms with Crippen LogP contribution in [0.4, 0.5) is 8.78 Å². The summed E-state index contributed by atoms with van der Waals surface area (Å²) in [5.41, 5.74) is 1.25. The number of amides is 1. The second-order valence-corrected chi connectivity index (χ2v) is 7.32. The van der Waals surface area contributed by atoms with E-state index in [4.69, 9.17) is 0 Å². The van der Waals surface area contributed by atoms with Gasteiger partial charge in [0.25, 0.3) is 0 Å². The van der Waals surface area contributed by atoms with Crippen LogP contribution in [0.5, 0.6) is 0 Å². The van der Waals surface area contributed by atoms with Crippen molar-refractivity contribution in [3.8, 4) is 0 Å². The highest BCUT2D eigenvalue weighted by Gasteiger charge is 2.50. The number of hydrogen-bond acceptors (Lipinski definition) is 2. The van der Waals surface area contributed by atoms with Crippen molar-refractivity contribution in [2.75, 3.05) is 13.1 Å². The summed E-state index contributed by atoms with van der Waals surface area (Å²) in [5.74, 6) is -3.89. The second kappa shape index (κ2) is 6.76. The molecule has 1 N–H and O–H groups in total. The van der Waals surface area contributed by atoms with Crippen LogP contribution in [0.15, 0.2) is 48.5 Å². The van der Waals surface area contributed by atoms with Crippen molar-refractivity contribution in [2.24, 2.45) is 11.8 Å². The Morgan fingerprint density at radius 3 is 2.37 bits per heavy atom. The van der Waals surface area contributed by atoms with E-state index >= 15 is 0 Å². The van der Waals surface area contributed by atoms with Gasteiger partial charge in [-0.25, -0.2) is 8.78 Å². The highest BCUT2D eigenvalue weighted by Crippen LogP contribution is 2.50. The van der Waals surface area contributed by atoms with E-state index in [1.807, 2.05) is 30.3 Å². The van der Waals surface area contributed by atoms with Crippen LogP contribution in [-0.2, 0) is 9.59 Å². The minimum Gasteiger partial charge on any atom is -0.481 e. The maximum absolute atomic E-state index is 14.0. The van der Waals surface area contributed by atoms with E-state index in [1.165, 1.54) is 12.1 Å². The standard InChI is InChI=1S/C21H19F2NO3/c22-13-6-7-14(19(23)8-13)15-9-16(15)20(25)24-10-17(18(11-24)21(26)27)12-4-2-1-3-5-12/h1-8,15-18H,9-11H2,(H,26,27)/t15?,16?,17-,18-/m1/s1. The van der Waals surface area contributed by atoms with Crippen LogP contribution in [0.1, 0.15) is 29.4 Å². The van der Waals surface area contributed by atoms with Crippen molar-refractivity contribution in [2.45, 2.75) is 18.3 Å². The van der Waals surface area contributed by atoms with Gasteiger partial charge in [0.1, 0.15) is 11.6 Å². The van der Waals surface area contributed by atoms with Crippen LogP contribution in [-0.4, -0.2) is 35.0 Å². The maximum atomic E-state index is 14.0. The van der Waals surface area contributed by atoms with Crippen molar-refractivity contribution in [1.29, 1.82) is 0 Å². The molecule has 1 saturated carbocycles. The number of benzene rings is 2. The SMILES string of the molecule is O=C(O)[C@@H]1CN(C(=O)C2CC2c2ccc(F)cc2F)C[C@@H]1c1ccccc1. The minimum absolute atomic E-state index is 0.145. The zero-order valence-corrected chi connectivity index (χ0v) is 14.5. The van der Waals surface area contributed by atoms with Crippen molar-refractivity contribution >= 4 is 11.9 Å². The molecule has 4 rings (SSSR count). The largest absolute Gasteiger partial charge is 0.481 e. The van der Waals surface area contributed by atoms with Crippen molar-refractivity contribution in [3.05, 3.63) is 71.3 Å². The molecular weight excluding hydrogens is 352 g/mol. The summed E-state index contributed by atoms with van der Waals surface area (Å²) in [7, 11) is 0. The molecular formula is C21H19F2NO3. The molecule has 1 heterocycles. The third-order valence-electron chi connectivity index (χ3n) is 5.65. The van der Waals surface area contributed by atoms with Gasteiger partial charge in [-0.2, -0.15) is 0 Å². The predicted octanol–water partition coefficient (Wildman–Crippen LogP) is 3.40. The number of halogens is 2. The first-order chi connectivity index (χ1) is 13.0. The van der Waals surface area contributed by atoms with E-state index in [9.17, 15) is 23.5 Å². The summed E-state index contributed by atoms with van der Waals surface area (Å²) in [4.78, 5) is 26.1. The lowest BCUT2D eigenvalue weighted by Gasteiger charge is -2.17. The second-order valence-electron chi connectivity index (χ2n) is 7.32. The summed E-state index contributed by atoms with van der Waals surface area (Å²) in [5, 5.41) is 9.57. The van der Waals surface area contributed by atoms with Gasteiger partial charge in [0.2, 0.25) is 5.91 Å². The van der Waals surface area contributed by atoms with Crippen molar-refractivity contribution < 1.29 is 23.5 Å². The average Bonchev–Trinajstić information content (AvgIpc) is 3.30. The smallest absolute Gasteiger partial charge is 0.308 e. The Balaban J connectivity index is 1.49. The van der Waals surface area contributed by atoms with E-state index in [2.05, 4.69) is 0 Å². The molecule has 1 aliphatic carbocycles. The highest BCUT2D eigenvalue weighted by molar-refractivity contribution is 5.85. The number of rotatable bonds is 4. The van der Waals surface area contributed by atoms with Crippen LogP contribution < -0.4 is 0 Å². The molecule has 2 unspecified atom stereocenters. The van der Waals surface area contributed by atoms with E-state index in [0.29, 0.717) is 18.5 Å². The van der Waals surface area contributed by atoms with E-state index in [0.717, 1.165) is 11.6 Å². The molecule has 27 heavy (non-hydrogen) atoms. The molecule has 1 aliphatic heterocycles. The molecule has 1 saturated heterocycles. The average molecular weight is 371 g/mol. The Hall–Kier alpha value is -2.76. The maximum Gasteiger partial charge on any atom is 0.308 e. The van der Waals surface area contributed by atoms with E-state index in [-0.39, 0.29) is 30.2 Å². The molecule has 2 aromatic rings. The Morgan fingerprint density at radius 2 is 1.70 bits per heavy atom. The molecule has 0 aromatic heterocycles. The Morgan fingerprint density at radius 1 is 0.963 bits per heavy atom. The number of hydrogen-bond donors (Lipinski definition) is 1. The summed E-state index contributed by atoms with van der Waals surface area (Å²) in [6, 6.07) is 12.7. The van der Waals surface area contributed by atoms with Gasteiger partial charge in [0.05, 0.1) is 5.92 Å². The molecule has 1 amide bonds. The summed E-state index contributed by atoms with van der Waals surface area (Å²) >= 11 is 0. The molecule has 6 heteroatoms. The third-order valence-corrected chi connectivity index (χ3v) is 5.65. The molecule has 2 fully saturated rings. The van der Waals surface area contributed by atoms with Gasteiger partial charge in [-0.15, -0.1) is 0 Å². The fourth-order valence-corrected chi connectivity index (χ4v) is 4.12. The quantitative estimate of drug-likeness (QED) is 0.896. The highest BCUT2D eigenvalue weighted by atomic mass is 19.1. The fourth-order valence-electron chi connectivity index (χ4n) is 4.12. The lowest BCUT2D eigenvalue weighted by atomic mass is 9.89.